The lowest BCUT2D eigenvalue weighted by atomic mass is 9.46. The van der Waals surface area contributed by atoms with Crippen LogP contribution >= 0.6 is 0 Å². The highest BCUT2D eigenvalue weighted by molar-refractivity contribution is 5.31. The molecule has 5 saturated carbocycles. The van der Waals surface area contributed by atoms with Gasteiger partial charge in [-0.1, -0.05) is 6.92 Å². The van der Waals surface area contributed by atoms with E-state index in [0.29, 0.717) is 24.3 Å². The van der Waals surface area contributed by atoms with Gasteiger partial charge < -0.3 is 19.7 Å². The van der Waals surface area contributed by atoms with Crippen LogP contribution in [0.4, 0.5) is 0 Å². The Morgan fingerprint density at radius 2 is 1.89 bits per heavy atom. The van der Waals surface area contributed by atoms with Gasteiger partial charge in [-0.05, 0) is 50.0 Å². The van der Waals surface area contributed by atoms with Gasteiger partial charge in [0.1, 0.15) is 0 Å². The minimum atomic E-state index is -0.786. The Morgan fingerprint density at radius 3 is 2.59 bits per heavy atom. The van der Waals surface area contributed by atoms with E-state index in [1.54, 1.807) is 7.11 Å². The summed E-state index contributed by atoms with van der Waals surface area (Å²) in [6, 6.07) is 0.404. The van der Waals surface area contributed by atoms with Gasteiger partial charge in [0.05, 0.1) is 23.9 Å². The Balaban J connectivity index is 1.57. The van der Waals surface area contributed by atoms with Crippen molar-refractivity contribution in [2.24, 2.45) is 40.9 Å². The fourth-order valence-corrected chi connectivity index (χ4v) is 9.96. The SMILES string of the molecule is CCN1C[C@@H]2CC[C@H](OC)[C@]34[C@@H]2C[C@H]([C@H]13)[C@@]1(O)C[C@H](OC)[C@H]2C[C@@H]4[C@@H]1[C@H]2O. The minimum absolute atomic E-state index is 0.00774. The molecular weight excluding hydrogens is 342 g/mol. The van der Waals surface area contributed by atoms with Crippen molar-refractivity contribution in [2.45, 2.75) is 69.0 Å². The first-order valence-corrected chi connectivity index (χ1v) is 11.2. The molecule has 6 aliphatic rings. The second-order valence-corrected chi connectivity index (χ2v) is 10.5. The summed E-state index contributed by atoms with van der Waals surface area (Å²) in [4.78, 5) is 2.69. The van der Waals surface area contributed by atoms with Crippen molar-refractivity contribution in [3.63, 3.8) is 0 Å². The number of aliphatic hydroxyl groups excluding tert-OH is 1. The monoisotopic (exact) mass is 377 g/mol. The average Bonchev–Trinajstić information content (AvgIpc) is 3.06. The van der Waals surface area contributed by atoms with Crippen LogP contribution in [0, 0.1) is 40.9 Å². The van der Waals surface area contributed by atoms with Crippen molar-refractivity contribution in [3.8, 4) is 0 Å². The van der Waals surface area contributed by atoms with Crippen LogP contribution in [0.2, 0.25) is 0 Å². The number of nitrogens with zero attached hydrogens (tertiary/aromatic N) is 1. The summed E-state index contributed by atoms with van der Waals surface area (Å²) in [7, 11) is 3.65. The van der Waals surface area contributed by atoms with Gasteiger partial charge in [0.25, 0.3) is 0 Å². The molecule has 27 heavy (non-hydrogen) atoms. The van der Waals surface area contributed by atoms with Crippen LogP contribution in [0.3, 0.4) is 0 Å². The van der Waals surface area contributed by atoms with E-state index in [9.17, 15) is 10.2 Å². The van der Waals surface area contributed by atoms with Gasteiger partial charge in [0, 0.05) is 56.4 Å². The minimum Gasteiger partial charge on any atom is -0.392 e. The van der Waals surface area contributed by atoms with Gasteiger partial charge >= 0.3 is 0 Å². The number of ether oxygens (including phenoxy) is 2. The molecule has 1 heterocycles. The number of fused-ring (bicyclic) bond motifs is 2. The maximum Gasteiger partial charge on any atom is 0.0771 e. The molecule has 1 aliphatic heterocycles. The van der Waals surface area contributed by atoms with E-state index >= 15 is 0 Å². The lowest BCUT2D eigenvalue weighted by Crippen LogP contribution is -2.74. The Labute approximate surface area is 162 Å². The van der Waals surface area contributed by atoms with Gasteiger partial charge in [-0.3, -0.25) is 4.90 Å². The van der Waals surface area contributed by atoms with Crippen LogP contribution in [-0.4, -0.2) is 72.4 Å². The Hall–Kier alpha value is -0.200. The summed E-state index contributed by atoms with van der Waals surface area (Å²) < 4.78 is 12.1. The molecule has 0 aromatic rings. The molecular formula is C22H35NO4. The smallest absolute Gasteiger partial charge is 0.0771 e. The van der Waals surface area contributed by atoms with Gasteiger partial charge in [-0.2, -0.15) is 0 Å². The summed E-state index contributed by atoms with van der Waals surface area (Å²) in [5.74, 6) is 2.17. The predicted octanol–water partition coefficient (Wildman–Crippen LogP) is 1.51. The molecule has 0 radical (unpaired) electrons. The van der Waals surface area contributed by atoms with Crippen LogP contribution in [0.5, 0.6) is 0 Å². The number of likely N-dealkylation sites (tertiary alicyclic amines) is 1. The molecule has 5 nitrogen and oxygen atoms in total. The zero-order valence-electron chi connectivity index (χ0n) is 16.9. The molecule has 1 saturated heterocycles. The third kappa shape index (κ3) is 1.73. The van der Waals surface area contributed by atoms with Crippen LogP contribution in [0.1, 0.15) is 39.0 Å². The summed E-state index contributed by atoms with van der Waals surface area (Å²) in [5.41, 5.74) is -0.669. The van der Waals surface area contributed by atoms with Crippen LogP contribution in [0.25, 0.3) is 0 Å². The van der Waals surface area contributed by atoms with E-state index in [1.165, 1.54) is 13.0 Å². The standard InChI is InChI=1S/C22H35NO4/c1-4-23-10-11-5-6-17(27-3)22-13(11)8-15(20(22)23)21(25)9-16(26-2)12-7-14(22)18(21)19(12)24/h11-20,24-25H,4-10H2,1-3H3/t11-,12+,13+,14+,15+,16-,17-,18+,19-,20-,21-,22+/m0/s1. The lowest BCUT2D eigenvalue weighted by molar-refractivity contribution is -0.259. The first-order chi connectivity index (χ1) is 13.0. The molecule has 6 fully saturated rings. The summed E-state index contributed by atoms with van der Waals surface area (Å²) in [6.07, 6.45) is 5.04. The number of methoxy groups -OCH3 is 2. The highest BCUT2D eigenvalue weighted by Gasteiger charge is 2.81. The van der Waals surface area contributed by atoms with Crippen molar-refractivity contribution < 1.29 is 19.7 Å². The Kier molecular flexibility index (Phi) is 3.58. The van der Waals surface area contributed by atoms with Crippen molar-refractivity contribution in [3.05, 3.63) is 0 Å². The second kappa shape index (κ2) is 5.48. The highest BCUT2D eigenvalue weighted by atomic mass is 16.5. The van der Waals surface area contributed by atoms with Gasteiger partial charge in [0.15, 0.2) is 0 Å². The van der Waals surface area contributed by atoms with E-state index in [-0.39, 0.29) is 35.4 Å². The fraction of sp³-hybridized carbons (Fsp3) is 1.00. The van der Waals surface area contributed by atoms with Crippen molar-refractivity contribution in [1.29, 1.82) is 0 Å². The summed E-state index contributed by atoms with van der Waals surface area (Å²) in [5, 5.41) is 23.5. The van der Waals surface area contributed by atoms with Crippen LogP contribution < -0.4 is 0 Å². The summed E-state index contributed by atoms with van der Waals surface area (Å²) >= 11 is 0. The first-order valence-electron chi connectivity index (χ1n) is 11.2. The maximum atomic E-state index is 12.2. The molecule has 2 N–H and O–H groups in total. The maximum absolute atomic E-state index is 12.2. The predicted molar refractivity (Wildman–Crippen MR) is 100 cm³/mol. The van der Waals surface area contributed by atoms with Crippen molar-refractivity contribution in [2.75, 3.05) is 27.3 Å². The molecule has 12 atom stereocenters. The molecule has 5 aliphatic carbocycles. The lowest BCUT2D eigenvalue weighted by Gasteiger charge is -2.67. The summed E-state index contributed by atoms with van der Waals surface area (Å²) in [6.45, 7) is 4.52. The first kappa shape index (κ1) is 17.6. The normalized spacial score (nSPS) is 63.4. The van der Waals surface area contributed by atoms with Crippen LogP contribution in [-0.2, 0) is 9.47 Å². The molecule has 0 amide bonds. The molecule has 0 aromatic carbocycles. The Bertz CT molecular complexity index is 644. The van der Waals surface area contributed by atoms with Gasteiger partial charge in [0.2, 0.25) is 0 Å². The topological polar surface area (TPSA) is 62.2 Å². The molecule has 5 heteroatoms. The van der Waals surface area contributed by atoms with Crippen LogP contribution in [0.15, 0.2) is 0 Å². The second-order valence-electron chi connectivity index (χ2n) is 10.5. The van der Waals surface area contributed by atoms with E-state index < -0.39 is 11.7 Å². The van der Waals surface area contributed by atoms with Gasteiger partial charge in [-0.15, -0.1) is 0 Å². The number of piperidine rings is 1. The quantitative estimate of drug-likeness (QED) is 0.781. The molecule has 1 spiro atoms. The molecule has 6 rings (SSSR count). The van der Waals surface area contributed by atoms with Crippen molar-refractivity contribution >= 4 is 0 Å². The Morgan fingerprint density at radius 1 is 1.07 bits per heavy atom. The number of hydrogen-bond donors (Lipinski definition) is 2. The zero-order chi connectivity index (χ0) is 18.7. The molecule has 0 unspecified atom stereocenters. The van der Waals surface area contributed by atoms with E-state index in [1.807, 2.05) is 7.11 Å². The number of rotatable bonds is 3. The van der Waals surface area contributed by atoms with E-state index in [4.69, 9.17) is 9.47 Å². The molecule has 7 bridgehead atoms. The third-order valence-electron chi connectivity index (χ3n) is 10.5. The largest absolute Gasteiger partial charge is 0.392 e. The molecule has 0 aromatic heterocycles. The third-order valence-corrected chi connectivity index (χ3v) is 10.5. The van der Waals surface area contributed by atoms with E-state index in [0.717, 1.165) is 31.7 Å². The van der Waals surface area contributed by atoms with Gasteiger partial charge in [-0.25, -0.2) is 0 Å². The highest BCUT2D eigenvalue weighted by Crippen LogP contribution is 2.77. The number of hydrogen-bond acceptors (Lipinski definition) is 5. The molecule has 152 valence electrons. The number of aliphatic hydroxyl groups is 2. The fourth-order valence-electron chi connectivity index (χ4n) is 9.96. The van der Waals surface area contributed by atoms with E-state index in [2.05, 4.69) is 11.8 Å². The van der Waals surface area contributed by atoms with Crippen molar-refractivity contribution in [1.82, 2.24) is 4.90 Å². The zero-order valence-corrected chi connectivity index (χ0v) is 16.9. The average molecular weight is 378 g/mol.